The second-order valence-electron chi connectivity index (χ2n) is 11.3. The Morgan fingerprint density at radius 2 is 1.43 bits per heavy atom. The van der Waals surface area contributed by atoms with Gasteiger partial charge in [-0.1, -0.05) is 62.4 Å². The monoisotopic (exact) mass is 554 g/mol. The molecule has 1 aliphatic rings. The number of hydrogen-bond donors (Lipinski definition) is 3. The molecule has 3 rings (SSSR count). The van der Waals surface area contributed by atoms with E-state index in [1.165, 1.54) is 6.92 Å². The molecule has 10 nitrogen and oxygen atoms in total. The summed E-state index contributed by atoms with van der Waals surface area (Å²) < 4.78 is 16.1. The molecule has 0 fully saturated rings. The number of aliphatic carboxylic acids is 1. The summed E-state index contributed by atoms with van der Waals surface area (Å²) in [5.74, 6) is -2.40. The van der Waals surface area contributed by atoms with Gasteiger partial charge in [-0.05, 0) is 62.3 Å². The van der Waals surface area contributed by atoms with Crippen molar-refractivity contribution in [1.82, 2.24) is 10.6 Å². The maximum absolute atomic E-state index is 13.0. The van der Waals surface area contributed by atoms with Gasteiger partial charge in [0.05, 0.1) is 0 Å². The molecule has 0 radical (unpaired) electrons. The number of carboxylic acid groups (broad SMARTS) is 1. The van der Waals surface area contributed by atoms with E-state index in [1.54, 1.807) is 20.8 Å². The molecular formula is C30H38N2O8. The lowest BCUT2D eigenvalue weighted by atomic mass is 9.98. The van der Waals surface area contributed by atoms with E-state index < -0.39 is 47.9 Å². The highest BCUT2D eigenvalue weighted by atomic mass is 16.6. The van der Waals surface area contributed by atoms with E-state index in [0.29, 0.717) is 0 Å². The Hall–Kier alpha value is -4.08. The fraction of sp³-hybridized carbons (Fsp3) is 0.467. The lowest BCUT2D eigenvalue weighted by Crippen LogP contribution is -2.52. The lowest BCUT2D eigenvalue weighted by Gasteiger charge is -2.26. The third-order valence-corrected chi connectivity index (χ3v) is 6.34. The minimum Gasteiger partial charge on any atom is -0.480 e. The molecule has 0 unspecified atom stereocenters. The molecule has 3 atom stereocenters. The van der Waals surface area contributed by atoms with Gasteiger partial charge >= 0.3 is 24.1 Å². The minimum atomic E-state index is -1.56. The van der Waals surface area contributed by atoms with E-state index in [-0.39, 0.29) is 24.9 Å². The van der Waals surface area contributed by atoms with Crippen LogP contribution in [0, 0.1) is 5.92 Å². The molecule has 0 heterocycles. The number of fused-ring (bicyclic) bond motifs is 3. The number of nitrogens with one attached hydrogen (secondary N) is 2. The second kappa shape index (κ2) is 12.8. The van der Waals surface area contributed by atoms with Crippen LogP contribution in [0.3, 0.4) is 0 Å². The molecule has 40 heavy (non-hydrogen) atoms. The van der Waals surface area contributed by atoms with Gasteiger partial charge in [-0.3, -0.25) is 0 Å². The fourth-order valence-corrected chi connectivity index (χ4v) is 4.62. The van der Waals surface area contributed by atoms with Crippen molar-refractivity contribution in [2.75, 3.05) is 6.61 Å². The molecule has 0 spiro atoms. The summed E-state index contributed by atoms with van der Waals surface area (Å²) in [5, 5.41) is 14.4. The number of hydrogen-bond acceptors (Lipinski definition) is 7. The average molecular weight is 555 g/mol. The number of carboxylic acids is 1. The molecule has 2 amide bonds. The van der Waals surface area contributed by atoms with Crippen molar-refractivity contribution in [2.45, 2.75) is 77.7 Å². The van der Waals surface area contributed by atoms with E-state index in [9.17, 15) is 24.3 Å². The number of esters is 1. The minimum absolute atomic E-state index is 0.00287. The first kappa shape index (κ1) is 30.5. The van der Waals surface area contributed by atoms with Gasteiger partial charge in [-0.15, -0.1) is 0 Å². The first-order chi connectivity index (χ1) is 18.8. The van der Waals surface area contributed by atoms with Crippen LogP contribution in [0.15, 0.2) is 48.5 Å². The van der Waals surface area contributed by atoms with Crippen LogP contribution in [-0.2, 0) is 23.8 Å². The van der Waals surface area contributed by atoms with Gasteiger partial charge in [0, 0.05) is 5.92 Å². The van der Waals surface area contributed by atoms with Crippen LogP contribution in [0.2, 0.25) is 0 Å². The number of carbonyl (C=O) groups is 4. The zero-order valence-electron chi connectivity index (χ0n) is 23.7. The molecule has 0 aliphatic heterocycles. The number of ether oxygens (including phenoxy) is 3. The van der Waals surface area contributed by atoms with Gasteiger partial charge in [0.2, 0.25) is 0 Å². The van der Waals surface area contributed by atoms with Gasteiger partial charge in [-0.2, -0.15) is 0 Å². The highest BCUT2D eigenvalue weighted by Crippen LogP contribution is 2.44. The number of rotatable bonds is 10. The summed E-state index contributed by atoms with van der Waals surface area (Å²) in [4.78, 5) is 49.7. The zero-order chi connectivity index (χ0) is 29.6. The molecule has 3 N–H and O–H groups in total. The Morgan fingerprint density at radius 3 is 1.93 bits per heavy atom. The summed E-state index contributed by atoms with van der Waals surface area (Å²) in [6, 6.07) is 13.2. The zero-order valence-corrected chi connectivity index (χ0v) is 23.7. The van der Waals surface area contributed by atoms with Crippen LogP contribution in [0.4, 0.5) is 9.59 Å². The van der Waals surface area contributed by atoms with Crippen molar-refractivity contribution < 1.29 is 38.5 Å². The number of carbonyl (C=O) groups excluding carboxylic acids is 3. The molecule has 10 heteroatoms. The van der Waals surface area contributed by atoms with Crippen LogP contribution >= 0.6 is 0 Å². The average Bonchev–Trinajstić information content (AvgIpc) is 3.17. The molecule has 0 bridgehead atoms. The van der Waals surface area contributed by atoms with Gasteiger partial charge in [0.25, 0.3) is 0 Å². The highest BCUT2D eigenvalue weighted by molar-refractivity contribution is 5.84. The van der Waals surface area contributed by atoms with Crippen molar-refractivity contribution >= 4 is 24.1 Å². The van der Waals surface area contributed by atoms with Gasteiger partial charge < -0.3 is 30.0 Å². The van der Waals surface area contributed by atoms with E-state index in [4.69, 9.17) is 14.2 Å². The largest absolute Gasteiger partial charge is 0.480 e. The smallest absolute Gasteiger partial charge is 0.408 e. The van der Waals surface area contributed by atoms with Crippen LogP contribution in [-0.4, -0.2) is 59.6 Å². The van der Waals surface area contributed by atoms with Crippen molar-refractivity contribution in [3.63, 3.8) is 0 Å². The van der Waals surface area contributed by atoms with E-state index >= 15 is 0 Å². The molecule has 2 aromatic carbocycles. The molecule has 216 valence electrons. The van der Waals surface area contributed by atoms with Gasteiger partial charge in [-0.25, -0.2) is 19.2 Å². The first-order valence-corrected chi connectivity index (χ1v) is 13.3. The predicted octanol–water partition coefficient (Wildman–Crippen LogP) is 4.85. The quantitative estimate of drug-likeness (QED) is 0.280. The number of benzene rings is 2. The number of alkyl carbamates (subject to hydrolysis) is 2. The summed E-state index contributed by atoms with van der Waals surface area (Å²) in [5.41, 5.74) is 3.45. The Labute approximate surface area is 234 Å². The molecule has 0 aromatic heterocycles. The van der Waals surface area contributed by atoms with E-state index in [0.717, 1.165) is 22.3 Å². The third kappa shape index (κ3) is 7.97. The van der Waals surface area contributed by atoms with Gasteiger partial charge in [0.15, 0.2) is 6.04 Å². The lowest BCUT2D eigenvalue weighted by molar-refractivity contribution is -0.156. The van der Waals surface area contributed by atoms with E-state index in [1.807, 2.05) is 62.4 Å². The fourth-order valence-electron chi connectivity index (χ4n) is 4.62. The van der Waals surface area contributed by atoms with Crippen molar-refractivity contribution in [2.24, 2.45) is 5.92 Å². The molecule has 2 aromatic rings. The van der Waals surface area contributed by atoms with E-state index in [2.05, 4.69) is 10.6 Å². The Bertz CT molecular complexity index is 1190. The second-order valence-corrected chi connectivity index (χ2v) is 11.3. The summed E-state index contributed by atoms with van der Waals surface area (Å²) in [6.07, 6.45) is -2.78. The predicted molar refractivity (Wildman–Crippen MR) is 148 cm³/mol. The van der Waals surface area contributed by atoms with Gasteiger partial charge in [0.1, 0.15) is 24.4 Å². The van der Waals surface area contributed by atoms with Crippen LogP contribution in [0.1, 0.15) is 65.0 Å². The van der Waals surface area contributed by atoms with Crippen LogP contribution in [0.25, 0.3) is 11.1 Å². The molecular weight excluding hydrogens is 516 g/mol. The summed E-state index contributed by atoms with van der Waals surface area (Å²) in [6.45, 7) is 10.1. The first-order valence-electron chi connectivity index (χ1n) is 13.3. The Balaban J connectivity index is 1.64. The van der Waals surface area contributed by atoms with Crippen molar-refractivity contribution in [3.8, 4) is 11.1 Å². The molecule has 0 saturated heterocycles. The Morgan fingerprint density at radius 1 is 0.875 bits per heavy atom. The van der Waals surface area contributed by atoms with Crippen LogP contribution < -0.4 is 10.6 Å². The highest BCUT2D eigenvalue weighted by Gasteiger charge is 2.34. The SMILES string of the molecule is CC(C)C[C@H](NC(=O)OCC1c2ccccc2-c2ccccc21)C(=O)O[C@@H](C)[C@H](NC(=O)OC(C)(C)C)C(=O)O. The molecule has 1 aliphatic carbocycles. The number of amides is 2. The third-order valence-electron chi connectivity index (χ3n) is 6.34. The maximum atomic E-state index is 13.0. The van der Waals surface area contributed by atoms with Crippen molar-refractivity contribution in [3.05, 3.63) is 59.7 Å². The summed E-state index contributed by atoms with van der Waals surface area (Å²) in [7, 11) is 0. The van der Waals surface area contributed by atoms with Crippen molar-refractivity contribution in [1.29, 1.82) is 0 Å². The standard InChI is InChI=1S/C30H38N2O8/c1-17(2)15-24(27(35)39-18(3)25(26(33)34)32-29(37)40-30(4,5)6)31-28(36)38-16-23-21-13-9-7-11-19(21)20-12-8-10-14-22(20)23/h7-14,17-18,23-25H,15-16H2,1-6H3,(H,31,36)(H,32,37)(H,33,34)/t18-,24-,25-/m0/s1. The summed E-state index contributed by atoms with van der Waals surface area (Å²) >= 11 is 0. The maximum Gasteiger partial charge on any atom is 0.408 e. The normalized spacial score (nSPS) is 14.8. The van der Waals surface area contributed by atoms with Crippen LogP contribution in [0.5, 0.6) is 0 Å². The topological polar surface area (TPSA) is 140 Å². The molecule has 0 saturated carbocycles. The Kier molecular flexibility index (Phi) is 9.78.